The molecule has 0 bridgehead atoms. The number of esters is 2. The molecule has 1 aliphatic carbocycles. The van der Waals surface area contributed by atoms with E-state index in [0.717, 1.165) is 32.1 Å². The summed E-state index contributed by atoms with van der Waals surface area (Å²) < 4.78 is 10.6. The lowest BCUT2D eigenvalue weighted by molar-refractivity contribution is -0.176. The minimum atomic E-state index is -0.590. The van der Waals surface area contributed by atoms with Gasteiger partial charge in [0, 0.05) is 0 Å². The fraction of sp³-hybridized carbons (Fsp3) is 0.867. The van der Waals surface area contributed by atoms with Gasteiger partial charge in [-0.15, -0.1) is 0 Å². The van der Waals surface area contributed by atoms with Crippen LogP contribution in [-0.4, -0.2) is 24.1 Å². The molecule has 0 N–H and O–H groups in total. The summed E-state index contributed by atoms with van der Waals surface area (Å²) >= 11 is 0. The second kappa shape index (κ2) is 6.40. The maximum absolute atomic E-state index is 11.8. The summed E-state index contributed by atoms with van der Waals surface area (Å²) in [6.45, 7) is 7.04. The molecule has 1 fully saturated rings. The van der Waals surface area contributed by atoms with Gasteiger partial charge in [0.05, 0.1) is 5.41 Å². The number of carbonyl (C=O) groups excluding carboxylic acids is 2. The van der Waals surface area contributed by atoms with E-state index in [4.69, 9.17) is 9.47 Å². The van der Waals surface area contributed by atoms with Gasteiger partial charge in [-0.1, -0.05) is 13.3 Å². The van der Waals surface area contributed by atoms with E-state index >= 15 is 0 Å². The van der Waals surface area contributed by atoms with Crippen molar-refractivity contribution in [1.29, 1.82) is 0 Å². The Labute approximate surface area is 115 Å². The summed E-state index contributed by atoms with van der Waals surface area (Å²) in [5.74, 6) is -0.806. The van der Waals surface area contributed by atoms with Gasteiger partial charge in [0.25, 0.3) is 0 Å². The highest BCUT2D eigenvalue weighted by Crippen LogP contribution is 2.34. The van der Waals surface area contributed by atoms with Crippen LogP contribution in [0, 0.1) is 5.41 Å². The van der Waals surface area contributed by atoms with E-state index in [1.54, 1.807) is 20.8 Å². The monoisotopic (exact) mass is 270 g/mol. The first-order chi connectivity index (χ1) is 8.79. The molecule has 0 aromatic carbocycles. The van der Waals surface area contributed by atoms with Crippen LogP contribution in [-0.2, 0) is 19.1 Å². The highest BCUT2D eigenvalue weighted by molar-refractivity contribution is 5.79. The molecule has 0 saturated heterocycles. The van der Waals surface area contributed by atoms with E-state index in [-0.39, 0.29) is 18.2 Å². The lowest BCUT2D eigenvalue weighted by Gasteiger charge is -2.35. The van der Waals surface area contributed by atoms with Crippen LogP contribution < -0.4 is 0 Å². The lowest BCUT2D eigenvalue weighted by Crippen LogP contribution is -2.38. The van der Waals surface area contributed by atoms with Gasteiger partial charge in [-0.05, 0) is 52.9 Å². The summed E-state index contributed by atoms with van der Waals surface area (Å²) in [5.41, 5.74) is -0.920. The topological polar surface area (TPSA) is 52.6 Å². The third-order valence-corrected chi connectivity index (χ3v) is 3.67. The number of hydrogen-bond acceptors (Lipinski definition) is 4. The van der Waals surface area contributed by atoms with Crippen molar-refractivity contribution in [1.82, 2.24) is 0 Å². The van der Waals surface area contributed by atoms with Crippen LogP contribution >= 0.6 is 0 Å². The first kappa shape index (κ1) is 16.0. The van der Waals surface area contributed by atoms with Crippen molar-refractivity contribution in [3.05, 3.63) is 0 Å². The van der Waals surface area contributed by atoms with E-state index in [1.807, 2.05) is 6.92 Å². The molecule has 0 aliphatic heterocycles. The predicted octanol–water partition coefficient (Wildman–Crippen LogP) is 3.23. The summed E-state index contributed by atoms with van der Waals surface area (Å²) in [6, 6.07) is 0. The molecule has 0 aromatic heterocycles. The Morgan fingerprint density at radius 3 is 2.16 bits per heavy atom. The fourth-order valence-electron chi connectivity index (χ4n) is 2.34. The van der Waals surface area contributed by atoms with Gasteiger partial charge < -0.3 is 9.47 Å². The Morgan fingerprint density at radius 2 is 1.68 bits per heavy atom. The maximum Gasteiger partial charge on any atom is 0.344 e. The Kier molecular flexibility index (Phi) is 5.39. The van der Waals surface area contributed by atoms with Gasteiger partial charge in [0.1, 0.15) is 5.60 Å². The van der Waals surface area contributed by atoms with Crippen molar-refractivity contribution in [3.8, 4) is 0 Å². The third kappa shape index (κ3) is 4.84. The van der Waals surface area contributed by atoms with Crippen LogP contribution in [0.5, 0.6) is 0 Å². The van der Waals surface area contributed by atoms with E-state index in [2.05, 4.69) is 0 Å². The molecule has 0 heterocycles. The first-order valence-corrected chi connectivity index (χ1v) is 7.18. The highest BCUT2D eigenvalue weighted by Gasteiger charge is 2.34. The van der Waals surface area contributed by atoms with E-state index in [9.17, 15) is 9.59 Å². The normalized spacial score (nSPS) is 18.7. The summed E-state index contributed by atoms with van der Waals surface area (Å²) in [4.78, 5) is 23.4. The van der Waals surface area contributed by atoms with Crippen molar-refractivity contribution in [2.45, 2.75) is 71.8 Å². The minimum Gasteiger partial charge on any atom is -0.457 e. The average Bonchev–Trinajstić information content (AvgIpc) is 2.36. The zero-order valence-corrected chi connectivity index (χ0v) is 12.6. The Balaban J connectivity index is 2.44. The number of hydrogen-bond donors (Lipinski definition) is 0. The molecular formula is C15H26O4. The summed E-state index contributed by atoms with van der Waals surface area (Å²) in [6.07, 6.45) is 6.07. The second-order valence-corrected chi connectivity index (χ2v) is 6.40. The molecule has 1 saturated carbocycles. The van der Waals surface area contributed by atoms with E-state index in [1.165, 1.54) is 6.42 Å². The van der Waals surface area contributed by atoms with Crippen molar-refractivity contribution >= 4 is 11.9 Å². The van der Waals surface area contributed by atoms with Crippen LogP contribution in [0.3, 0.4) is 0 Å². The fourth-order valence-corrected chi connectivity index (χ4v) is 2.34. The zero-order valence-electron chi connectivity index (χ0n) is 12.6. The van der Waals surface area contributed by atoms with Crippen LogP contribution in [0.15, 0.2) is 0 Å². The van der Waals surface area contributed by atoms with Gasteiger partial charge >= 0.3 is 11.9 Å². The van der Waals surface area contributed by atoms with Gasteiger partial charge in [-0.2, -0.15) is 0 Å². The molecule has 0 unspecified atom stereocenters. The van der Waals surface area contributed by atoms with E-state index in [0.29, 0.717) is 0 Å². The van der Waals surface area contributed by atoms with Crippen LogP contribution in [0.4, 0.5) is 0 Å². The zero-order chi connectivity index (χ0) is 14.5. The quantitative estimate of drug-likeness (QED) is 0.736. The Morgan fingerprint density at radius 1 is 1.11 bits per heavy atom. The third-order valence-electron chi connectivity index (χ3n) is 3.67. The lowest BCUT2D eigenvalue weighted by atomic mass is 9.83. The molecule has 0 amide bonds. The molecule has 0 aromatic rings. The molecule has 0 radical (unpaired) electrons. The smallest absolute Gasteiger partial charge is 0.344 e. The molecule has 1 aliphatic rings. The number of carbonyl (C=O) groups is 2. The SMILES string of the molecule is CCC1(OC(=O)COC(=O)C(C)(C)C)CCCCC1. The second-order valence-electron chi connectivity index (χ2n) is 6.40. The molecule has 0 spiro atoms. The minimum absolute atomic E-state index is 0.280. The largest absolute Gasteiger partial charge is 0.457 e. The first-order valence-electron chi connectivity index (χ1n) is 7.18. The van der Waals surface area contributed by atoms with Gasteiger partial charge in [-0.3, -0.25) is 4.79 Å². The van der Waals surface area contributed by atoms with Crippen molar-refractivity contribution in [2.24, 2.45) is 5.41 Å². The number of rotatable bonds is 4. The van der Waals surface area contributed by atoms with Gasteiger partial charge in [0.2, 0.25) is 0 Å². The molecular weight excluding hydrogens is 244 g/mol. The maximum atomic E-state index is 11.8. The summed E-state index contributed by atoms with van der Waals surface area (Å²) in [7, 11) is 0. The standard InChI is InChI=1S/C15H26O4/c1-5-15(9-7-6-8-10-15)19-12(16)11-18-13(17)14(2,3)4/h5-11H2,1-4H3. The molecule has 19 heavy (non-hydrogen) atoms. The molecule has 4 heteroatoms. The molecule has 1 rings (SSSR count). The van der Waals surface area contributed by atoms with Crippen molar-refractivity contribution < 1.29 is 19.1 Å². The van der Waals surface area contributed by atoms with Gasteiger partial charge in [-0.25, -0.2) is 4.79 Å². The van der Waals surface area contributed by atoms with Crippen LogP contribution in [0.2, 0.25) is 0 Å². The summed E-state index contributed by atoms with van der Waals surface area (Å²) in [5, 5.41) is 0. The molecule has 110 valence electrons. The molecule has 4 nitrogen and oxygen atoms in total. The van der Waals surface area contributed by atoms with Crippen LogP contribution in [0.1, 0.15) is 66.2 Å². The van der Waals surface area contributed by atoms with E-state index < -0.39 is 11.4 Å². The van der Waals surface area contributed by atoms with Crippen molar-refractivity contribution in [3.63, 3.8) is 0 Å². The Hall–Kier alpha value is -1.06. The molecule has 0 atom stereocenters. The predicted molar refractivity (Wildman–Crippen MR) is 72.6 cm³/mol. The Bertz CT molecular complexity index is 322. The van der Waals surface area contributed by atoms with Gasteiger partial charge in [0.15, 0.2) is 6.61 Å². The number of ether oxygens (including phenoxy) is 2. The van der Waals surface area contributed by atoms with Crippen LogP contribution in [0.25, 0.3) is 0 Å². The average molecular weight is 270 g/mol. The highest BCUT2D eigenvalue weighted by atomic mass is 16.6. The van der Waals surface area contributed by atoms with Crippen molar-refractivity contribution in [2.75, 3.05) is 6.61 Å².